The lowest BCUT2D eigenvalue weighted by Crippen LogP contribution is -2.43. The fraction of sp³-hybridized carbons (Fsp3) is 0.588. The van der Waals surface area contributed by atoms with Gasteiger partial charge in [0.1, 0.15) is 0 Å². The van der Waals surface area contributed by atoms with Crippen molar-refractivity contribution in [2.75, 3.05) is 19.3 Å². The van der Waals surface area contributed by atoms with Gasteiger partial charge in [0, 0.05) is 19.0 Å². The van der Waals surface area contributed by atoms with Crippen molar-refractivity contribution in [3.05, 3.63) is 35.4 Å². The molecule has 1 fully saturated rings. The van der Waals surface area contributed by atoms with Gasteiger partial charge in [0.15, 0.2) is 0 Å². The molecule has 6 heteroatoms. The fourth-order valence-corrected chi connectivity index (χ4v) is 3.99. The molecule has 1 heterocycles. The number of nitrogens with zero attached hydrogens (tertiary/aromatic N) is 1. The first-order chi connectivity index (χ1) is 10.8. The minimum atomic E-state index is -3.15. The molecule has 1 amide bonds. The average molecular weight is 338 g/mol. The van der Waals surface area contributed by atoms with Gasteiger partial charge in [-0.2, -0.15) is 0 Å². The molecule has 2 rings (SSSR count). The van der Waals surface area contributed by atoms with Crippen LogP contribution in [0.25, 0.3) is 0 Å². The molecular weight excluding hydrogens is 312 g/mol. The normalized spacial score (nSPS) is 18.6. The fourth-order valence-electron chi connectivity index (χ4n) is 3.12. The van der Waals surface area contributed by atoms with Gasteiger partial charge < -0.3 is 5.32 Å². The third kappa shape index (κ3) is 4.54. The zero-order valence-corrected chi connectivity index (χ0v) is 14.9. The molecule has 1 aromatic carbocycles. The number of carbonyl (C=O) groups is 1. The van der Waals surface area contributed by atoms with Crippen molar-refractivity contribution in [2.45, 2.75) is 39.2 Å². The molecule has 1 N–H and O–H groups in total. The molecule has 0 aliphatic carbocycles. The minimum absolute atomic E-state index is 0.0108. The maximum Gasteiger partial charge on any atom is 0.223 e. The third-order valence-electron chi connectivity index (χ3n) is 4.58. The van der Waals surface area contributed by atoms with E-state index in [1.54, 1.807) is 0 Å². The van der Waals surface area contributed by atoms with Gasteiger partial charge in [0.25, 0.3) is 0 Å². The van der Waals surface area contributed by atoms with Crippen molar-refractivity contribution in [2.24, 2.45) is 5.92 Å². The number of amides is 1. The van der Waals surface area contributed by atoms with E-state index in [4.69, 9.17) is 0 Å². The zero-order chi connectivity index (χ0) is 17.0. The lowest BCUT2D eigenvalue weighted by atomic mass is 9.94. The van der Waals surface area contributed by atoms with E-state index in [9.17, 15) is 13.2 Å². The van der Waals surface area contributed by atoms with Gasteiger partial charge in [-0.1, -0.05) is 31.2 Å². The summed E-state index contributed by atoms with van der Waals surface area (Å²) >= 11 is 0. The Morgan fingerprint density at radius 1 is 1.30 bits per heavy atom. The summed E-state index contributed by atoms with van der Waals surface area (Å²) in [7, 11) is -3.15. The summed E-state index contributed by atoms with van der Waals surface area (Å²) in [6.45, 7) is 4.97. The van der Waals surface area contributed by atoms with Gasteiger partial charge in [-0.05, 0) is 37.3 Å². The number of benzene rings is 1. The average Bonchev–Trinajstić information content (AvgIpc) is 2.52. The third-order valence-corrected chi connectivity index (χ3v) is 5.89. The highest BCUT2D eigenvalue weighted by Crippen LogP contribution is 2.24. The number of nitrogens with one attached hydrogen (secondary N) is 1. The Balaban J connectivity index is 1.98. The molecule has 1 aliphatic rings. The number of aryl methyl sites for hydroxylation is 1. The van der Waals surface area contributed by atoms with Crippen LogP contribution in [0, 0.1) is 12.8 Å². The number of sulfonamides is 1. The van der Waals surface area contributed by atoms with Crippen LogP contribution >= 0.6 is 0 Å². The van der Waals surface area contributed by atoms with Crippen LogP contribution in [0.1, 0.15) is 43.4 Å². The summed E-state index contributed by atoms with van der Waals surface area (Å²) in [6.07, 6.45) is 3.23. The summed E-state index contributed by atoms with van der Waals surface area (Å²) in [4.78, 5) is 12.5. The van der Waals surface area contributed by atoms with Crippen LogP contribution in [-0.2, 0) is 14.8 Å². The molecule has 1 saturated heterocycles. The first-order valence-electron chi connectivity index (χ1n) is 8.14. The second kappa shape index (κ2) is 7.45. The predicted octanol–water partition coefficient (Wildman–Crippen LogP) is 2.23. The van der Waals surface area contributed by atoms with Gasteiger partial charge in [-0.15, -0.1) is 0 Å². The molecule has 0 aromatic heterocycles. The van der Waals surface area contributed by atoms with E-state index in [1.165, 1.54) is 16.1 Å². The number of carbonyl (C=O) groups excluding carboxylic acids is 1. The van der Waals surface area contributed by atoms with E-state index < -0.39 is 10.0 Å². The molecule has 0 radical (unpaired) electrons. The van der Waals surface area contributed by atoms with Crippen molar-refractivity contribution in [3.8, 4) is 0 Å². The minimum Gasteiger partial charge on any atom is -0.349 e. The summed E-state index contributed by atoms with van der Waals surface area (Å²) < 4.78 is 24.5. The monoisotopic (exact) mass is 338 g/mol. The van der Waals surface area contributed by atoms with Crippen molar-refractivity contribution in [1.29, 1.82) is 0 Å². The second-order valence-electron chi connectivity index (χ2n) is 6.26. The van der Waals surface area contributed by atoms with E-state index >= 15 is 0 Å². The van der Waals surface area contributed by atoms with Crippen LogP contribution < -0.4 is 5.32 Å². The van der Waals surface area contributed by atoms with Crippen molar-refractivity contribution < 1.29 is 13.2 Å². The Hall–Kier alpha value is -1.40. The molecule has 0 saturated carbocycles. The van der Waals surface area contributed by atoms with E-state index in [1.807, 2.05) is 12.1 Å². The van der Waals surface area contributed by atoms with Crippen LogP contribution in [0.4, 0.5) is 0 Å². The van der Waals surface area contributed by atoms with Gasteiger partial charge in [0.05, 0.1) is 12.3 Å². The molecule has 23 heavy (non-hydrogen) atoms. The number of hydrogen-bond acceptors (Lipinski definition) is 3. The van der Waals surface area contributed by atoms with Crippen LogP contribution in [0.15, 0.2) is 24.3 Å². The van der Waals surface area contributed by atoms with Crippen LogP contribution in [0.5, 0.6) is 0 Å². The highest BCUT2D eigenvalue weighted by molar-refractivity contribution is 7.88. The highest BCUT2D eigenvalue weighted by atomic mass is 32.2. The van der Waals surface area contributed by atoms with Crippen molar-refractivity contribution in [3.63, 3.8) is 0 Å². The first-order valence-corrected chi connectivity index (χ1v) is 9.98. The molecule has 5 nitrogen and oxygen atoms in total. The Kier molecular flexibility index (Phi) is 5.81. The van der Waals surface area contributed by atoms with E-state index in [-0.39, 0.29) is 17.9 Å². The number of piperidine rings is 1. The largest absolute Gasteiger partial charge is 0.349 e. The Bertz CT molecular complexity index is 650. The van der Waals surface area contributed by atoms with E-state index in [0.29, 0.717) is 25.9 Å². The lowest BCUT2D eigenvalue weighted by Gasteiger charge is -2.30. The zero-order valence-electron chi connectivity index (χ0n) is 14.1. The lowest BCUT2D eigenvalue weighted by molar-refractivity contribution is -0.126. The molecule has 1 atom stereocenters. The maximum absolute atomic E-state index is 12.5. The van der Waals surface area contributed by atoms with E-state index in [2.05, 4.69) is 31.3 Å². The maximum atomic E-state index is 12.5. The second-order valence-corrected chi connectivity index (χ2v) is 8.24. The SMILES string of the molecule is CC[C@H](NC(=O)C1CCN(S(C)(=O)=O)CC1)c1ccccc1C. The van der Waals surface area contributed by atoms with Crippen LogP contribution in [0.2, 0.25) is 0 Å². The molecule has 1 aromatic rings. The van der Waals surface area contributed by atoms with Crippen molar-refractivity contribution in [1.82, 2.24) is 9.62 Å². The molecule has 128 valence electrons. The Labute approximate surface area is 139 Å². The summed E-state index contributed by atoms with van der Waals surface area (Å²) in [5.74, 6) is -0.0701. The Morgan fingerprint density at radius 2 is 1.91 bits per heavy atom. The molecule has 0 spiro atoms. The van der Waals surface area contributed by atoms with Gasteiger partial charge in [-0.3, -0.25) is 4.79 Å². The molecule has 1 aliphatic heterocycles. The summed E-state index contributed by atoms with van der Waals surface area (Å²) in [6, 6.07) is 8.09. The molecule has 0 unspecified atom stereocenters. The van der Waals surface area contributed by atoms with Crippen molar-refractivity contribution >= 4 is 15.9 Å². The van der Waals surface area contributed by atoms with E-state index in [0.717, 1.165) is 12.0 Å². The predicted molar refractivity (Wildman–Crippen MR) is 91.5 cm³/mol. The first kappa shape index (κ1) is 17.9. The molecular formula is C17H26N2O3S. The summed E-state index contributed by atoms with van der Waals surface area (Å²) in [5, 5.41) is 3.14. The highest BCUT2D eigenvalue weighted by Gasteiger charge is 2.29. The topological polar surface area (TPSA) is 66.5 Å². The van der Waals surface area contributed by atoms with Gasteiger partial charge in [0.2, 0.25) is 15.9 Å². The van der Waals surface area contributed by atoms with Crippen LogP contribution in [-0.4, -0.2) is 38.0 Å². The quantitative estimate of drug-likeness (QED) is 0.895. The summed E-state index contributed by atoms with van der Waals surface area (Å²) in [5.41, 5.74) is 2.32. The standard InChI is InChI=1S/C17H26N2O3S/c1-4-16(15-8-6-5-7-13(15)2)18-17(20)14-9-11-19(12-10-14)23(3,21)22/h5-8,14,16H,4,9-12H2,1-3H3,(H,18,20)/t16-/m0/s1. The van der Waals surface area contributed by atoms with Gasteiger partial charge >= 0.3 is 0 Å². The number of rotatable bonds is 5. The number of hydrogen-bond donors (Lipinski definition) is 1. The smallest absolute Gasteiger partial charge is 0.223 e. The Morgan fingerprint density at radius 3 is 2.43 bits per heavy atom. The van der Waals surface area contributed by atoms with Gasteiger partial charge in [-0.25, -0.2) is 12.7 Å². The molecule has 0 bridgehead atoms. The van der Waals surface area contributed by atoms with Crippen LogP contribution in [0.3, 0.4) is 0 Å².